The Morgan fingerprint density at radius 3 is 1.91 bits per heavy atom. The molecule has 1 radical (unpaired) electrons. The molecule has 0 N–H and O–H groups in total. The van der Waals surface area contributed by atoms with Crippen LogP contribution in [0.1, 0.15) is 51.9 Å². The fourth-order valence-corrected chi connectivity index (χ4v) is 1.23. The highest BCUT2D eigenvalue weighted by Crippen LogP contribution is 2.05. The summed E-state index contributed by atoms with van der Waals surface area (Å²) >= 11 is 0. The normalized spacial score (nSPS) is 10.4. The Labute approximate surface area is 71.6 Å². The van der Waals surface area contributed by atoms with Crippen LogP contribution in [0.5, 0.6) is 0 Å². The number of hydrogen-bond donors (Lipinski definition) is 0. The molecule has 0 spiro atoms. The van der Waals surface area contributed by atoms with E-state index < -0.39 is 0 Å². The summed E-state index contributed by atoms with van der Waals surface area (Å²) in [6, 6.07) is 0. The van der Waals surface area contributed by atoms with Crippen molar-refractivity contribution in [3.8, 4) is 0 Å². The van der Waals surface area contributed by atoms with Crippen LogP contribution in [0.15, 0.2) is 0 Å². The standard InChI is InChI=1S/C10H22N/c1-3-4-5-6-7-8-9-10-11-2/h3-10H2,1-2H3. The van der Waals surface area contributed by atoms with Crippen molar-refractivity contribution in [3.63, 3.8) is 0 Å². The molecule has 1 nitrogen and oxygen atoms in total. The van der Waals surface area contributed by atoms with Crippen molar-refractivity contribution in [3.05, 3.63) is 0 Å². The van der Waals surface area contributed by atoms with Gasteiger partial charge in [-0.2, -0.15) is 0 Å². The molecule has 0 saturated heterocycles. The summed E-state index contributed by atoms with van der Waals surface area (Å²) in [4.78, 5) is 0. The molecule has 0 bridgehead atoms. The van der Waals surface area contributed by atoms with Crippen LogP contribution < -0.4 is 5.32 Å². The molecule has 0 aromatic rings. The largest absolute Gasteiger partial charge is 0.245 e. The van der Waals surface area contributed by atoms with Gasteiger partial charge in [0.2, 0.25) is 0 Å². The van der Waals surface area contributed by atoms with Gasteiger partial charge in [-0.3, -0.25) is 0 Å². The first-order valence-corrected chi connectivity index (χ1v) is 4.97. The quantitative estimate of drug-likeness (QED) is 0.480. The molecule has 67 valence electrons. The Morgan fingerprint density at radius 2 is 1.36 bits per heavy atom. The summed E-state index contributed by atoms with van der Waals surface area (Å²) in [6.45, 7) is 3.32. The molecule has 0 aliphatic heterocycles. The third kappa shape index (κ3) is 9.96. The molecule has 0 atom stereocenters. The van der Waals surface area contributed by atoms with E-state index in [1.165, 1.54) is 44.9 Å². The van der Waals surface area contributed by atoms with E-state index in [1.807, 2.05) is 7.05 Å². The summed E-state index contributed by atoms with van der Waals surface area (Å²) in [7, 11) is 1.90. The number of unbranched alkanes of at least 4 members (excludes halogenated alkanes) is 6. The van der Waals surface area contributed by atoms with E-state index >= 15 is 0 Å². The van der Waals surface area contributed by atoms with Crippen molar-refractivity contribution < 1.29 is 0 Å². The minimum Gasteiger partial charge on any atom is -0.245 e. The Bertz CT molecular complexity index is 53.9. The van der Waals surface area contributed by atoms with Gasteiger partial charge >= 0.3 is 0 Å². The molecule has 0 aromatic heterocycles. The lowest BCUT2D eigenvalue weighted by Gasteiger charge is -1.99. The summed E-state index contributed by atoms with van der Waals surface area (Å²) in [5.41, 5.74) is 0. The van der Waals surface area contributed by atoms with Gasteiger partial charge in [0, 0.05) is 13.6 Å². The van der Waals surface area contributed by atoms with E-state index in [4.69, 9.17) is 0 Å². The van der Waals surface area contributed by atoms with Gasteiger partial charge in [0.1, 0.15) is 0 Å². The zero-order chi connectivity index (χ0) is 8.36. The van der Waals surface area contributed by atoms with Crippen LogP contribution in [-0.2, 0) is 0 Å². The number of nitrogens with zero attached hydrogens (tertiary/aromatic N) is 1. The molecule has 0 saturated carbocycles. The van der Waals surface area contributed by atoms with Gasteiger partial charge in [0.05, 0.1) is 0 Å². The van der Waals surface area contributed by atoms with Crippen LogP contribution in [-0.4, -0.2) is 13.6 Å². The molecule has 0 aliphatic carbocycles. The van der Waals surface area contributed by atoms with Gasteiger partial charge < -0.3 is 0 Å². The van der Waals surface area contributed by atoms with Crippen LogP contribution in [0.4, 0.5) is 0 Å². The smallest absolute Gasteiger partial charge is 0.0130 e. The first kappa shape index (κ1) is 11.0. The van der Waals surface area contributed by atoms with Crippen molar-refractivity contribution in [2.75, 3.05) is 13.6 Å². The third-order valence-electron chi connectivity index (χ3n) is 1.99. The highest BCUT2D eigenvalue weighted by molar-refractivity contribution is 4.45. The first-order valence-electron chi connectivity index (χ1n) is 4.97. The minimum atomic E-state index is 1.06. The SMILES string of the molecule is CCCCCCCCC[N]C. The summed E-state index contributed by atoms with van der Waals surface area (Å²) < 4.78 is 0. The lowest BCUT2D eigenvalue weighted by molar-refractivity contribution is 0.576. The number of rotatable bonds is 8. The van der Waals surface area contributed by atoms with Crippen LogP contribution in [0.25, 0.3) is 0 Å². The zero-order valence-corrected chi connectivity index (χ0v) is 8.10. The lowest BCUT2D eigenvalue weighted by atomic mass is 10.1. The van der Waals surface area contributed by atoms with Crippen molar-refractivity contribution in [1.82, 2.24) is 5.32 Å². The van der Waals surface area contributed by atoms with E-state index in [0.29, 0.717) is 0 Å². The Balaban J connectivity index is 2.69. The summed E-state index contributed by atoms with van der Waals surface area (Å²) in [5.74, 6) is 0. The van der Waals surface area contributed by atoms with E-state index in [0.717, 1.165) is 6.54 Å². The minimum absolute atomic E-state index is 1.06. The Morgan fingerprint density at radius 1 is 0.818 bits per heavy atom. The first-order chi connectivity index (χ1) is 5.41. The maximum Gasteiger partial charge on any atom is 0.0130 e. The predicted octanol–water partition coefficient (Wildman–Crippen LogP) is 2.97. The predicted molar refractivity (Wildman–Crippen MR) is 50.9 cm³/mol. The molecular weight excluding hydrogens is 134 g/mol. The second kappa shape index (κ2) is 9.96. The summed E-state index contributed by atoms with van der Waals surface area (Å²) in [6.07, 6.45) is 9.71. The molecule has 0 heterocycles. The van der Waals surface area contributed by atoms with Gasteiger partial charge in [-0.25, -0.2) is 5.32 Å². The molecule has 0 fully saturated rings. The van der Waals surface area contributed by atoms with E-state index in [2.05, 4.69) is 12.2 Å². The zero-order valence-electron chi connectivity index (χ0n) is 8.10. The maximum absolute atomic E-state index is 4.07. The fraction of sp³-hybridized carbons (Fsp3) is 1.00. The van der Waals surface area contributed by atoms with Crippen molar-refractivity contribution >= 4 is 0 Å². The third-order valence-corrected chi connectivity index (χ3v) is 1.99. The number of hydrogen-bond acceptors (Lipinski definition) is 0. The van der Waals surface area contributed by atoms with E-state index in [1.54, 1.807) is 0 Å². The highest BCUT2D eigenvalue weighted by atomic mass is 14.8. The second-order valence-electron chi connectivity index (χ2n) is 3.16. The highest BCUT2D eigenvalue weighted by Gasteiger charge is 1.89. The molecule has 0 unspecified atom stereocenters. The Kier molecular flexibility index (Phi) is 9.92. The molecule has 1 heteroatoms. The average molecular weight is 156 g/mol. The second-order valence-corrected chi connectivity index (χ2v) is 3.16. The maximum atomic E-state index is 4.07. The lowest BCUT2D eigenvalue weighted by Crippen LogP contribution is -1.98. The average Bonchev–Trinajstić information content (AvgIpc) is 2.03. The van der Waals surface area contributed by atoms with E-state index in [9.17, 15) is 0 Å². The molecule has 0 aromatic carbocycles. The Hall–Kier alpha value is -0.0400. The van der Waals surface area contributed by atoms with Gasteiger partial charge in [-0.1, -0.05) is 45.4 Å². The molecular formula is C10H22N. The fourth-order valence-electron chi connectivity index (χ4n) is 1.23. The molecule has 0 amide bonds. The van der Waals surface area contributed by atoms with Crippen molar-refractivity contribution in [2.45, 2.75) is 51.9 Å². The van der Waals surface area contributed by atoms with Gasteiger partial charge in [-0.15, -0.1) is 0 Å². The van der Waals surface area contributed by atoms with Gasteiger partial charge in [0.15, 0.2) is 0 Å². The molecule has 0 aliphatic rings. The van der Waals surface area contributed by atoms with E-state index in [-0.39, 0.29) is 0 Å². The molecule has 11 heavy (non-hydrogen) atoms. The van der Waals surface area contributed by atoms with Crippen LogP contribution in [0.3, 0.4) is 0 Å². The monoisotopic (exact) mass is 156 g/mol. The van der Waals surface area contributed by atoms with Gasteiger partial charge in [0.25, 0.3) is 0 Å². The summed E-state index contributed by atoms with van der Waals surface area (Å²) in [5, 5.41) is 4.07. The molecule has 0 rings (SSSR count). The van der Waals surface area contributed by atoms with Crippen LogP contribution in [0.2, 0.25) is 0 Å². The van der Waals surface area contributed by atoms with Crippen molar-refractivity contribution in [2.24, 2.45) is 0 Å². The van der Waals surface area contributed by atoms with Gasteiger partial charge in [-0.05, 0) is 6.42 Å². The topological polar surface area (TPSA) is 14.1 Å². The van der Waals surface area contributed by atoms with Crippen LogP contribution in [0, 0.1) is 0 Å². The van der Waals surface area contributed by atoms with Crippen molar-refractivity contribution in [1.29, 1.82) is 0 Å². The van der Waals surface area contributed by atoms with Crippen LogP contribution >= 0.6 is 0 Å².